The smallest absolute Gasteiger partial charge is 0.206 e. The van der Waals surface area contributed by atoms with Gasteiger partial charge in [0.1, 0.15) is 5.82 Å². The molecule has 4 nitrogen and oxygen atoms in total. The minimum Gasteiger partial charge on any atom is -0.381 e. The van der Waals surface area contributed by atoms with Gasteiger partial charge in [-0.25, -0.2) is 12.8 Å². The van der Waals surface area contributed by atoms with Gasteiger partial charge in [-0.2, -0.15) is 0 Å². The number of likely N-dealkylation sites (tertiary alicyclic amines) is 1. The summed E-state index contributed by atoms with van der Waals surface area (Å²) in [6, 6.07) is 10.8. The van der Waals surface area contributed by atoms with Crippen molar-refractivity contribution >= 4 is 15.5 Å². The first-order valence-electron chi connectivity index (χ1n) is 9.12. The van der Waals surface area contributed by atoms with Crippen LogP contribution in [0.1, 0.15) is 31.2 Å². The Morgan fingerprint density at radius 1 is 1.12 bits per heavy atom. The number of halogens is 1. The number of hydrogen-bond acceptors (Lipinski definition) is 4. The summed E-state index contributed by atoms with van der Waals surface area (Å²) in [5, 5.41) is 3.57. The lowest BCUT2D eigenvalue weighted by Gasteiger charge is -2.17. The van der Waals surface area contributed by atoms with Crippen molar-refractivity contribution in [2.24, 2.45) is 0 Å². The summed E-state index contributed by atoms with van der Waals surface area (Å²) < 4.78 is 39.3. The maximum absolute atomic E-state index is 13.5. The molecular formula is C20H23FN2O2S. The summed E-state index contributed by atoms with van der Waals surface area (Å²) in [4.78, 5) is 2.67. The zero-order chi connectivity index (χ0) is 18.3. The molecule has 0 unspecified atom stereocenters. The predicted octanol–water partition coefficient (Wildman–Crippen LogP) is 3.65. The Morgan fingerprint density at radius 3 is 2.65 bits per heavy atom. The molecule has 26 heavy (non-hydrogen) atoms. The van der Waals surface area contributed by atoms with Gasteiger partial charge in [0.25, 0.3) is 0 Å². The van der Waals surface area contributed by atoms with Crippen LogP contribution in [0.2, 0.25) is 0 Å². The number of hydrogen-bond donors (Lipinski definition) is 1. The van der Waals surface area contributed by atoms with Gasteiger partial charge in [0.15, 0.2) is 0 Å². The van der Waals surface area contributed by atoms with Crippen LogP contribution in [-0.2, 0) is 9.84 Å². The van der Waals surface area contributed by atoms with Crippen molar-refractivity contribution in [3.8, 4) is 0 Å². The molecule has 2 heterocycles. The predicted molar refractivity (Wildman–Crippen MR) is 99.8 cm³/mol. The molecule has 1 saturated heterocycles. The molecule has 4 rings (SSSR count). The normalized spacial score (nSPS) is 23.0. The monoisotopic (exact) mass is 374 g/mol. The van der Waals surface area contributed by atoms with E-state index in [1.807, 2.05) is 6.07 Å². The molecule has 0 saturated carbocycles. The molecule has 0 spiro atoms. The van der Waals surface area contributed by atoms with Gasteiger partial charge < -0.3 is 10.2 Å². The van der Waals surface area contributed by atoms with E-state index in [4.69, 9.17) is 0 Å². The average molecular weight is 374 g/mol. The number of anilines is 1. The number of nitrogens with one attached hydrogen (secondary N) is 1. The van der Waals surface area contributed by atoms with E-state index in [0.29, 0.717) is 12.0 Å². The Labute approximate surface area is 153 Å². The third kappa shape index (κ3) is 3.01. The lowest BCUT2D eigenvalue weighted by atomic mass is 9.91. The third-order valence-electron chi connectivity index (χ3n) is 5.63. The van der Waals surface area contributed by atoms with Crippen LogP contribution in [0.4, 0.5) is 10.1 Å². The SMILES string of the molecule is CCN1CC[C@@H]2c3cc(S(=O)(=O)c4cccc(F)c4)ccc3N[C@@H]2CC1. The van der Waals surface area contributed by atoms with E-state index in [9.17, 15) is 12.8 Å². The van der Waals surface area contributed by atoms with E-state index in [0.717, 1.165) is 49.8 Å². The fourth-order valence-corrected chi connectivity index (χ4v) is 5.46. The molecule has 0 radical (unpaired) electrons. The van der Waals surface area contributed by atoms with Gasteiger partial charge in [-0.05, 0) is 67.9 Å². The Bertz CT molecular complexity index is 929. The van der Waals surface area contributed by atoms with Crippen LogP contribution in [0, 0.1) is 5.82 Å². The van der Waals surface area contributed by atoms with Gasteiger partial charge in [0, 0.05) is 24.2 Å². The molecule has 2 aromatic carbocycles. The van der Waals surface area contributed by atoms with E-state index in [-0.39, 0.29) is 9.79 Å². The van der Waals surface area contributed by atoms with Gasteiger partial charge in [-0.15, -0.1) is 0 Å². The van der Waals surface area contributed by atoms with E-state index >= 15 is 0 Å². The lowest BCUT2D eigenvalue weighted by molar-refractivity contribution is 0.298. The largest absolute Gasteiger partial charge is 0.381 e. The average Bonchev–Trinajstić information content (AvgIpc) is 2.85. The number of rotatable bonds is 3. The van der Waals surface area contributed by atoms with Crippen molar-refractivity contribution < 1.29 is 12.8 Å². The Hall–Kier alpha value is -1.92. The summed E-state index contributed by atoms with van der Waals surface area (Å²) in [5.41, 5.74) is 2.11. The molecule has 2 atom stereocenters. The fraction of sp³-hybridized carbons (Fsp3) is 0.400. The summed E-state index contributed by atoms with van der Waals surface area (Å²) in [6.45, 7) is 5.30. The van der Waals surface area contributed by atoms with Crippen molar-refractivity contribution in [3.05, 3.63) is 53.8 Å². The number of fused-ring (bicyclic) bond motifs is 3. The van der Waals surface area contributed by atoms with Crippen LogP contribution in [0.5, 0.6) is 0 Å². The highest BCUT2D eigenvalue weighted by molar-refractivity contribution is 7.91. The molecule has 138 valence electrons. The minimum absolute atomic E-state index is 0.00187. The van der Waals surface area contributed by atoms with Crippen molar-refractivity contribution in [1.29, 1.82) is 0 Å². The second-order valence-electron chi connectivity index (χ2n) is 7.08. The van der Waals surface area contributed by atoms with E-state index < -0.39 is 15.7 Å². The topological polar surface area (TPSA) is 49.4 Å². The molecule has 1 fully saturated rings. The molecule has 0 aromatic heterocycles. The molecule has 2 aliphatic heterocycles. The Balaban J connectivity index is 1.69. The highest BCUT2D eigenvalue weighted by Crippen LogP contribution is 2.42. The van der Waals surface area contributed by atoms with Crippen LogP contribution in [0.25, 0.3) is 0 Å². The van der Waals surface area contributed by atoms with Gasteiger partial charge in [-0.3, -0.25) is 0 Å². The maximum Gasteiger partial charge on any atom is 0.206 e. The van der Waals surface area contributed by atoms with E-state index in [1.54, 1.807) is 12.1 Å². The zero-order valence-electron chi connectivity index (χ0n) is 14.8. The molecule has 0 amide bonds. The molecule has 6 heteroatoms. The summed E-state index contributed by atoms with van der Waals surface area (Å²) >= 11 is 0. The summed E-state index contributed by atoms with van der Waals surface area (Å²) in [6.07, 6.45) is 2.07. The minimum atomic E-state index is -3.72. The third-order valence-corrected chi connectivity index (χ3v) is 7.37. The first-order chi connectivity index (χ1) is 12.5. The lowest BCUT2D eigenvalue weighted by Crippen LogP contribution is -2.25. The quantitative estimate of drug-likeness (QED) is 0.891. The van der Waals surface area contributed by atoms with Crippen LogP contribution in [0.15, 0.2) is 52.3 Å². The first kappa shape index (κ1) is 17.5. The van der Waals surface area contributed by atoms with Crippen LogP contribution < -0.4 is 5.32 Å². The van der Waals surface area contributed by atoms with Crippen molar-refractivity contribution in [2.75, 3.05) is 25.0 Å². The summed E-state index contributed by atoms with van der Waals surface area (Å²) in [5.74, 6) is -0.221. The number of sulfone groups is 1. The van der Waals surface area contributed by atoms with Gasteiger partial charge in [0.05, 0.1) is 9.79 Å². The number of benzene rings is 2. The van der Waals surface area contributed by atoms with Crippen LogP contribution in [-0.4, -0.2) is 39.0 Å². The van der Waals surface area contributed by atoms with Gasteiger partial charge in [0.2, 0.25) is 9.84 Å². The maximum atomic E-state index is 13.5. The molecule has 0 bridgehead atoms. The highest BCUT2D eigenvalue weighted by atomic mass is 32.2. The molecule has 2 aliphatic rings. The Kier molecular flexibility index (Phi) is 4.49. The second kappa shape index (κ2) is 6.67. The van der Waals surface area contributed by atoms with Crippen molar-refractivity contribution in [1.82, 2.24) is 4.90 Å². The van der Waals surface area contributed by atoms with Gasteiger partial charge >= 0.3 is 0 Å². The van der Waals surface area contributed by atoms with Crippen LogP contribution in [0.3, 0.4) is 0 Å². The Morgan fingerprint density at radius 2 is 1.88 bits per heavy atom. The van der Waals surface area contributed by atoms with E-state index in [1.165, 1.54) is 18.2 Å². The molecule has 2 aromatic rings. The van der Waals surface area contributed by atoms with Gasteiger partial charge in [-0.1, -0.05) is 13.0 Å². The zero-order valence-corrected chi connectivity index (χ0v) is 15.6. The fourth-order valence-electron chi connectivity index (χ4n) is 4.13. The standard InChI is InChI=1S/C20H23FN2O2S/c1-2-23-10-8-17-18-13-16(6-7-19(18)22-20(17)9-11-23)26(24,25)15-5-3-4-14(21)12-15/h3-7,12-13,17,20,22H,2,8-11H2,1H3/t17-,20-/m1/s1. The van der Waals surface area contributed by atoms with Crippen molar-refractivity contribution in [2.45, 2.75) is 41.5 Å². The number of nitrogens with zero attached hydrogens (tertiary/aromatic N) is 1. The van der Waals surface area contributed by atoms with Crippen molar-refractivity contribution in [3.63, 3.8) is 0 Å². The highest BCUT2D eigenvalue weighted by Gasteiger charge is 2.35. The first-order valence-corrected chi connectivity index (χ1v) is 10.6. The van der Waals surface area contributed by atoms with E-state index in [2.05, 4.69) is 17.1 Å². The van der Waals surface area contributed by atoms with Crippen LogP contribution >= 0.6 is 0 Å². The molecule has 1 N–H and O–H groups in total. The second-order valence-corrected chi connectivity index (χ2v) is 9.03. The molecule has 0 aliphatic carbocycles. The summed E-state index contributed by atoms with van der Waals surface area (Å²) in [7, 11) is -3.72. The molecular weight excluding hydrogens is 351 g/mol.